The Bertz CT molecular complexity index is 714. The molecular formula is C17H30IN7S2. The van der Waals surface area contributed by atoms with Gasteiger partial charge in [0.15, 0.2) is 11.8 Å². The standard InChI is InChI=1S/C17H29N7S2.HI/c1-13-11-19-16(26-13)7-9-23(3)17(18-8-6-10-25-5)20-12-15-22-21-14(2)24(15)4;/h11H,6-10,12H2,1-5H3,(H,18,20);1H. The highest BCUT2D eigenvalue weighted by molar-refractivity contribution is 14.0. The molecule has 0 saturated carbocycles. The largest absolute Gasteiger partial charge is 0.356 e. The number of nitrogens with one attached hydrogen (secondary N) is 1. The Labute approximate surface area is 187 Å². The maximum absolute atomic E-state index is 4.77. The van der Waals surface area contributed by atoms with Gasteiger partial charge in [-0.25, -0.2) is 9.98 Å². The van der Waals surface area contributed by atoms with Gasteiger partial charge in [0.25, 0.3) is 0 Å². The molecule has 0 saturated heterocycles. The summed E-state index contributed by atoms with van der Waals surface area (Å²) < 4.78 is 1.98. The topological polar surface area (TPSA) is 71.2 Å². The van der Waals surface area contributed by atoms with Crippen molar-refractivity contribution < 1.29 is 0 Å². The van der Waals surface area contributed by atoms with E-state index in [1.54, 1.807) is 11.3 Å². The van der Waals surface area contributed by atoms with Crippen molar-refractivity contribution in [3.8, 4) is 0 Å². The Kier molecular flexibility index (Phi) is 11.2. The maximum atomic E-state index is 4.77. The van der Waals surface area contributed by atoms with Crippen LogP contribution in [0.4, 0.5) is 0 Å². The number of aliphatic imine (C=N–C) groups is 1. The molecule has 2 aromatic heterocycles. The smallest absolute Gasteiger partial charge is 0.194 e. The van der Waals surface area contributed by atoms with Crippen LogP contribution in [-0.2, 0) is 20.0 Å². The Morgan fingerprint density at radius 1 is 1.37 bits per heavy atom. The summed E-state index contributed by atoms with van der Waals surface area (Å²) in [6.45, 7) is 6.35. The van der Waals surface area contributed by atoms with Crippen LogP contribution in [0.2, 0.25) is 0 Å². The molecule has 2 rings (SSSR count). The summed E-state index contributed by atoms with van der Waals surface area (Å²) in [5.41, 5.74) is 0. The van der Waals surface area contributed by atoms with Crippen LogP contribution < -0.4 is 5.32 Å². The van der Waals surface area contributed by atoms with Crippen LogP contribution in [0.1, 0.15) is 28.0 Å². The van der Waals surface area contributed by atoms with Gasteiger partial charge >= 0.3 is 0 Å². The Morgan fingerprint density at radius 2 is 2.15 bits per heavy atom. The summed E-state index contributed by atoms with van der Waals surface area (Å²) in [4.78, 5) is 12.6. The van der Waals surface area contributed by atoms with Crippen LogP contribution in [0.15, 0.2) is 11.2 Å². The predicted octanol–water partition coefficient (Wildman–Crippen LogP) is 2.88. The number of hydrogen-bond donors (Lipinski definition) is 1. The van der Waals surface area contributed by atoms with Crippen molar-refractivity contribution in [2.45, 2.75) is 33.2 Å². The monoisotopic (exact) mass is 523 g/mol. The highest BCUT2D eigenvalue weighted by atomic mass is 127. The van der Waals surface area contributed by atoms with Gasteiger partial charge in [0.2, 0.25) is 0 Å². The molecule has 0 amide bonds. The first-order valence-electron chi connectivity index (χ1n) is 8.75. The van der Waals surface area contributed by atoms with Crippen LogP contribution >= 0.6 is 47.1 Å². The molecule has 0 fully saturated rings. The molecule has 7 nitrogen and oxygen atoms in total. The predicted molar refractivity (Wildman–Crippen MR) is 126 cm³/mol. The molecule has 0 aromatic carbocycles. The Balaban J connectivity index is 0.00000364. The van der Waals surface area contributed by atoms with E-state index in [4.69, 9.17) is 4.99 Å². The van der Waals surface area contributed by atoms with Gasteiger partial charge in [-0.15, -0.1) is 45.5 Å². The van der Waals surface area contributed by atoms with Gasteiger partial charge in [-0.1, -0.05) is 0 Å². The van der Waals surface area contributed by atoms with E-state index in [1.807, 2.05) is 36.5 Å². The summed E-state index contributed by atoms with van der Waals surface area (Å²) in [5.74, 6) is 3.82. The van der Waals surface area contributed by atoms with E-state index in [1.165, 1.54) is 9.88 Å². The third-order valence-corrected chi connectivity index (χ3v) is 5.72. The molecule has 0 spiro atoms. The van der Waals surface area contributed by atoms with Crippen molar-refractivity contribution >= 4 is 53.0 Å². The minimum Gasteiger partial charge on any atom is -0.356 e. The molecule has 27 heavy (non-hydrogen) atoms. The summed E-state index contributed by atoms with van der Waals surface area (Å²) >= 11 is 3.62. The van der Waals surface area contributed by atoms with E-state index in [9.17, 15) is 0 Å². The van der Waals surface area contributed by atoms with Gasteiger partial charge < -0.3 is 14.8 Å². The van der Waals surface area contributed by atoms with Crippen molar-refractivity contribution in [3.05, 3.63) is 27.7 Å². The van der Waals surface area contributed by atoms with Gasteiger partial charge in [-0.2, -0.15) is 11.8 Å². The molecule has 10 heteroatoms. The molecule has 1 N–H and O–H groups in total. The molecule has 0 radical (unpaired) electrons. The summed E-state index contributed by atoms with van der Waals surface area (Å²) in [6, 6.07) is 0. The number of aryl methyl sites for hydroxylation is 2. The first-order valence-corrected chi connectivity index (χ1v) is 11.0. The number of hydrogen-bond acceptors (Lipinski definition) is 6. The van der Waals surface area contributed by atoms with Crippen molar-refractivity contribution in [1.29, 1.82) is 0 Å². The molecule has 0 unspecified atom stereocenters. The van der Waals surface area contributed by atoms with E-state index in [0.717, 1.165) is 49.3 Å². The first-order chi connectivity index (χ1) is 12.5. The van der Waals surface area contributed by atoms with E-state index in [-0.39, 0.29) is 24.0 Å². The number of thiazole rings is 1. The molecule has 2 aromatic rings. The molecule has 0 aliphatic carbocycles. The number of aromatic nitrogens is 4. The van der Waals surface area contributed by atoms with Gasteiger partial charge in [-0.3, -0.25) is 0 Å². The van der Waals surface area contributed by atoms with Crippen molar-refractivity contribution in [3.63, 3.8) is 0 Å². The fourth-order valence-electron chi connectivity index (χ4n) is 2.35. The van der Waals surface area contributed by atoms with Gasteiger partial charge in [0.1, 0.15) is 12.4 Å². The number of likely N-dealkylation sites (N-methyl/N-ethyl adjacent to an activating group) is 1. The number of rotatable bonds is 9. The van der Waals surface area contributed by atoms with Crippen LogP contribution in [0.25, 0.3) is 0 Å². The third kappa shape index (κ3) is 7.94. The fourth-order valence-corrected chi connectivity index (χ4v) is 3.56. The van der Waals surface area contributed by atoms with Crippen LogP contribution in [0.3, 0.4) is 0 Å². The molecule has 0 aliphatic rings. The van der Waals surface area contributed by atoms with Crippen LogP contribution in [-0.4, -0.2) is 62.8 Å². The molecule has 0 atom stereocenters. The summed E-state index contributed by atoms with van der Waals surface area (Å²) in [6.07, 6.45) is 6.10. The second-order valence-corrected chi connectivity index (χ2v) is 8.48. The molecule has 152 valence electrons. The lowest BCUT2D eigenvalue weighted by Crippen LogP contribution is -2.40. The second kappa shape index (κ2) is 12.6. The Hall–Kier alpha value is -0.880. The normalized spacial score (nSPS) is 11.4. The maximum Gasteiger partial charge on any atom is 0.194 e. The highest BCUT2D eigenvalue weighted by Gasteiger charge is 2.10. The number of thioether (sulfide) groups is 1. The van der Waals surface area contributed by atoms with E-state index in [0.29, 0.717) is 6.54 Å². The highest BCUT2D eigenvalue weighted by Crippen LogP contribution is 2.12. The minimum atomic E-state index is 0. The quantitative estimate of drug-likeness (QED) is 0.236. The average molecular weight is 524 g/mol. The number of guanidine groups is 1. The molecule has 2 heterocycles. The molecular weight excluding hydrogens is 493 g/mol. The van der Waals surface area contributed by atoms with Crippen LogP contribution in [0.5, 0.6) is 0 Å². The molecule has 0 aliphatic heterocycles. The van der Waals surface area contributed by atoms with Crippen LogP contribution in [0, 0.1) is 13.8 Å². The SMILES string of the molecule is CSCCCNC(=NCc1nnc(C)n1C)N(C)CCc1ncc(C)s1.I. The van der Waals surface area contributed by atoms with E-state index >= 15 is 0 Å². The van der Waals surface area contributed by atoms with Gasteiger partial charge in [0, 0.05) is 44.7 Å². The summed E-state index contributed by atoms with van der Waals surface area (Å²) in [5, 5.41) is 13.0. The lowest BCUT2D eigenvalue weighted by atomic mass is 10.4. The van der Waals surface area contributed by atoms with Gasteiger partial charge in [-0.05, 0) is 32.3 Å². The number of nitrogens with zero attached hydrogens (tertiary/aromatic N) is 6. The van der Waals surface area contributed by atoms with Crippen molar-refractivity contribution in [2.75, 3.05) is 32.1 Å². The van der Waals surface area contributed by atoms with Crippen molar-refractivity contribution in [2.24, 2.45) is 12.0 Å². The summed E-state index contributed by atoms with van der Waals surface area (Å²) in [7, 11) is 4.04. The fraction of sp³-hybridized carbons (Fsp3) is 0.647. The zero-order valence-electron chi connectivity index (χ0n) is 16.7. The van der Waals surface area contributed by atoms with Crippen molar-refractivity contribution in [1.82, 2.24) is 30.0 Å². The van der Waals surface area contributed by atoms with Gasteiger partial charge in [0.05, 0.1) is 5.01 Å². The van der Waals surface area contributed by atoms with E-state index in [2.05, 4.69) is 45.6 Å². The lowest BCUT2D eigenvalue weighted by Gasteiger charge is -2.22. The molecule has 0 bridgehead atoms. The second-order valence-electron chi connectivity index (χ2n) is 6.17. The van der Waals surface area contributed by atoms with E-state index < -0.39 is 0 Å². The Morgan fingerprint density at radius 3 is 2.74 bits per heavy atom. The minimum absolute atomic E-state index is 0. The zero-order chi connectivity index (χ0) is 18.9. The average Bonchev–Trinajstić information content (AvgIpc) is 3.18. The zero-order valence-corrected chi connectivity index (χ0v) is 20.7. The third-order valence-electron chi connectivity index (χ3n) is 4.05. The number of halogens is 1. The first kappa shape index (κ1) is 24.2. The lowest BCUT2D eigenvalue weighted by molar-refractivity contribution is 0.481.